The number of carbonyl (C=O) groups excluding carboxylic acids is 1. The van der Waals surface area contributed by atoms with Crippen molar-refractivity contribution in [1.82, 2.24) is 24.5 Å². The topological polar surface area (TPSA) is 73.5 Å². The SMILES string of the molecule is CCC(NC(=O)c1cnc2ccccn12)c1cc(Cl)n(-c2ccc(OC(F)(F)F)cc2)n1. The van der Waals surface area contributed by atoms with Gasteiger partial charge in [0.15, 0.2) is 0 Å². The van der Waals surface area contributed by atoms with E-state index in [4.69, 9.17) is 11.6 Å². The predicted octanol–water partition coefficient (Wildman–Crippen LogP) is 4.95. The van der Waals surface area contributed by atoms with Crippen LogP contribution in [0.5, 0.6) is 5.75 Å². The van der Waals surface area contributed by atoms with E-state index in [1.54, 1.807) is 28.8 Å². The predicted molar refractivity (Wildman–Crippen MR) is 111 cm³/mol. The number of benzene rings is 1. The molecule has 3 heterocycles. The zero-order valence-electron chi connectivity index (χ0n) is 16.7. The minimum Gasteiger partial charge on any atom is -0.406 e. The first-order valence-electron chi connectivity index (χ1n) is 9.60. The van der Waals surface area contributed by atoms with E-state index in [1.807, 2.05) is 13.0 Å². The lowest BCUT2D eigenvalue weighted by Gasteiger charge is -2.14. The van der Waals surface area contributed by atoms with Crippen molar-refractivity contribution in [2.45, 2.75) is 25.7 Å². The van der Waals surface area contributed by atoms with Crippen LogP contribution in [0.2, 0.25) is 5.15 Å². The van der Waals surface area contributed by atoms with Crippen LogP contribution in [0, 0.1) is 0 Å². The molecule has 0 aliphatic heterocycles. The fourth-order valence-corrected chi connectivity index (χ4v) is 3.48. The van der Waals surface area contributed by atoms with Crippen molar-refractivity contribution in [2.24, 2.45) is 0 Å². The summed E-state index contributed by atoms with van der Waals surface area (Å²) < 4.78 is 44.0. The molecule has 7 nitrogen and oxygen atoms in total. The van der Waals surface area contributed by atoms with Gasteiger partial charge in [-0.1, -0.05) is 24.6 Å². The molecule has 32 heavy (non-hydrogen) atoms. The van der Waals surface area contributed by atoms with Gasteiger partial charge in [-0.05, 0) is 42.8 Å². The number of rotatable bonds is 6. The zero-order valence-corrected chi connectivity index (χ0v) is 17.4. The zero-order chi connectivity index (χ0) is 22.9. The van der Waals surface area contributed by atoms with E-state index in [9.17, 15) is 18.0 Å². The number of ether oxygens (including phenoxy) is 1. The van der Waals surface area contributed by atoms with Gasteiger partial charge >= 0.3 is 6.36 Å². The Hall–Kier alpha value is -3.53. The number of aromatic nitrogens is 4. The Kier molecular flexibility index (Phi) is 5.79. The number of hydrogen-bond acceptors (Lipinski definition) is 4. The van der Waals surface area contributed by atoms with Gasteiger partial charge in [-0.25, -0.2) is 9.67 Å². The van der Waals surface area contributed by atoms with Gasteiger partial charge in [-0.2, -0.15) is 5.10 Å². The molecule has 0 aliphatic carbocycles. The van der Waals surface area contributed by atoms with Crippen LogP contribution in [0.4, 0.5) is 13.2 Å². The molecule has 0 fully saturated rings. The molecule has 0 aliphatic rings. The molecule has 0 bridgehead atoms. The Balaban J connectivity index is 1.54. The highest BCUT2D eigenvalue weighted by molar-refractivity contribution is 6.29. The number of nitrogens with one attached hydrogen (secondary N) is 1. The van der Waals surface area contributed by atoms with E-state index >= 15 is 0 Å². The maximum absolute atomic E-state index is 12.8. The summed E-state index contributed by atoms with van der Waals surface area (Å²) in [6.45, 7) is 1.88. The molecule has 1 aromatic carbocycles. The summed E-state index contributed by atoms with van der Waals surface area (Å²) in [5.74, 6) is -0.675. The van der Waals surface area contributed by atoms with Gasteiger partial charge in [0, 0.05) is 12.3 Å². The average molecular weight is 464 g/mol. The maximum atomic E-state index is 12.8. The first-order valence-corrected chi connectivity index (χ1v) is 9.97. The molecule has 3 aromatic heterocycles. The Morgan fingerprint density at radius 3 is 2.66 bits per heavy atom. The number of halogens is 4. The van der Waals surface area contributed by atoms with Crippen LogP contribution in [0.3, 0.4) is 0 Å². The summed E-state index contributed by atoms with van der Waals surface area (Å²) in [7, 11) is 0. The molecular formula is C21H17ClF3N5O2. The van der Waals surface area contributed by atoms with Crippen LogP contribution >= 0.6 is 11.6 Å². The number of alkyl halides is 3. The molecule has 0 spiro atoms. The highest BCUT2D eigenvalue weighted by Gasteiger charge is 2.31. The number of pyridine rings is 1. The minimum absolute atomic E-state index is 0.243. The fourth-order valence-electron chi connectivity index (χ4n) is 3.23. The van der Waals surface area contributed by atoms with Gasteiger partial charge in [-0.3, -0.25) is 9.20 Å². The molecular weight excluding hydrogens is 447 g/mol. The molecule has 1 atom stereocenters. The van der Waals surface area contributed by atoms with E-state index < -0.39 is 12.4 Å². The Morgan fingerprint density at radius 1 is 1.22 bits per heavy atom. The van der Waals surface area contributed by atoms with E-state index in [0.717, 1.165) is 0 Å². The first-order chi connectivity index (χ1) is 15.2. The van der Waals surface area contributed by atoms with Crippen LogP contribution in [0.1, 0.15) is 35.6 Å². The minimum atomic E-state index is -4.77. The molecule has 0 radical (unpaired) electrons. The summed E-state index contributed by atoms with van der Waals surface area (Å²) in [6, 6.07) is 11.7. The first kappa shape index (κ1) is 21.7. The van der Waals surface area contributed by atoms with Gasteiger partial charge in [0.05, 0.1) is 23.6 Å². The van der Waals surface area contributed by atoms with Crippen molar-refractivity contribution < 1.29 is 22.7 Å². The fraction of sp³-hybridized carbons (Fsp3) is 0.190. The second kappa shape index (κ2) is 8.54. The van der Waals surface area contributed by atoms with E-state index in [-0.39, 0.29) is 16.8 Å². The van der Waals surface area contributed by atoms with Gasteiger partial charge in [0.25, 0.3) is 5.91 Å². The standard InChI is InChI=1S/C21H17ClF3N5O2/c1-2-15(27-20(31)17-12-26-19-5-3-4-10-29(17)19)16-11-18(22)30(28-16)13-6-8-14(9-7-13)32-21(23,24)25/h3-12,15H,2H2,1H3,(H,27,31). The molecule has 1 N–H and O–H groups in total. The van der Waals surface area contributed by atoms with Crippen LogP contribution in [-0.4, -0.2) is 31.4 Å². The molecule has 166 valence electrons. The molecule has 4 aromatic rings. The number of nitrogens with zero attached hydrogens (tertiary/aromatic N) is 4. The third-order valence-corrected chi connectivity index (χ3v) is 4.99. The number of imidazole rings is 1. The maximum Gasteiger partial charge on any atom is 0.573 e. The van der Waals surface area contributed by atoms with Gasteiger partial charge in [0.1, 0.15) is 22.2 Å². The highest BCUT2D eigenvalue weighted by Crippen LogP contribution is 2.27. The van der Waals surface area contributed by atoms with Crippen molar-refractivity contribution in [2.75, 3.05) is 0 Å². The molecule has 0 saturated carbocycles. The highest BCUT2D eigenvalue weighted by atomic mass is 35.5. The molecule has 1 amide bonds. The molecule has 4 rings (SSSR count). The summed E-state index contributed by atoms with van der Waals surface area (Å²) >= 11 is 6.30. The van der Waals surface area contributed by atoms with Crippen LogP contribution in [0.15, 0.2) is 60.9 Å². The number of amides is 1. The Labute approximate surface area is 185 Å². The number of hydrogen-bond donors (Lipinski definition) is 1. The van der Waals surface area contributed by atoms with E-state index in [1.165, 1.54) is 35.1 Å². The van der Waals surface area contributed by atoms with Crippen LogP contribution in [0.25, 0.3) is 11.3 Å². The van der Waals surface area contributed by atoms with Crippen molar-refractivity contribution in [3.63, 3.8) is 0 Å². The van der Waals surface area contributed by atoms with E-state index in [0.29, 0.717) is 29.1 Å². The normalized spacial score (nSPS) is 12.7. The van der Waals surface area contributed by atoms with Gasteiger partial charge in [-0.15, -0.1) is 13.2 Å². The van der Waals surface area contributed by atoms with Gasteiger partial charge < -0.3 is 10.1 Å². The second-order valence-corrected chi connectivity index (χ2v) is 7.24. The van der Waals surface area contributed by atoms with Crippen molar-refractivity contribution >= 4 is 23.2 Å². The number of fused-ring (bicyclic) bond motifs is 1. The number of carbonyl (C=O) groups is 1. The Morgan fingerprint density at radius 2 is 1.97 bits per heavy atom. The molecule has 0 saturated heterocycles. The summed E-state index contributed by atoms with van der Waals surface area (Å²) in [5.41, 5.74) is 1.98. The summed E-state index contributed by atoms with van der Waals surface area (Å²) in [4.78, 5) is 17.0. The van der Waals surface area contributed by atoms with Crippen molar-refractivity contribution in [1.29, 1.82) is 0 Å². The third-order valence-electron chi connectivity index (χ3n) is 4.72. The smallest absolute Gasteiger partial charge is 0.406 e. The largest absolute Gasteiger partial charge is 0.573 e. The molecule has 1 unspecified atom stereocenters. The quantitative estimate of drug-likeness (QED) is 0.439. The van der Waals surface area contributed by atoms with Crippen LogP contribution in [-0.2, 0) is 0 Å². The van der Waals surface area contributed by atoms with Crippen molar-refractivity contribution in [3.05, 3.63) is 77.5 Å². The second-order valence-electron chi connectivity index (χ2n) is 6.85. The summed E-state index contributed by atoms with van der Waals surface area (Å²) in [5, 5.41) is 7.60. The lowest BCUT2D eigenvalue weighted by atomic mass is 10.1. The van der Waals surface area contributed by atoms with Gasteiger partial charge in [0.2, 0.25) is 0 Å². The summed E-state index contributed by atoms with van der Waals surface area (Å²) in [6.07, 6.45) is -0.997. The van der Waals surface area contributed by atoms with Crippen LogP contribution < -0.4 is 10.1 Å². The average Bonchev–Trinajstić information content (AvgIpc) is 3.35. The monoisotopic (exact) mass is 463 g/mol. The van der Waals surface area contributed by atoms with E-state index in [2.05, 4.69) is 20.1 Å². The van der Waals surface area contributed by atoms with Crippen molar-refractivity contribution in [3.8, 4) is 11.4 Å². The molecule has 11 heteroatoms. The lowest BCUT2D eigenvalue weighted by Crippen LogP contribution is -2.29. The lowest BCUT2D eigenvalue weighted by molar-refractivity contribution is -0.274. The Bertz CT molecular complexity index is 1250. The third kappa shape index (κ3) is 4.54.